The number of benzene rings is 2. The summed E-state index contributed by atoms with van der Waals surface area (Å²) >= 11 is 0. The number of hydrogen-bond acceptors (Lipinski definition) is 7. The Morgan fingerprint density at radius 1 is 1.00 bits per heavy atom. The Morgan fingerprint density at radius 2 is 1.81 bits per heavy atom. The molecule has 0 bridgehead atoms. The van der Waals surface area contributed by atoms with E-state index in [9.17, 15) is 5.26 Å². The van der Waals surface area contributed by atoms with Gasteiger partial charge in [0.15, 0.2) is 5.82 Å². The third-order valence-corrected chi connectivity index (χ3v) is 3.37. The van der Waals surface area contributed by atoms with Gasteiger partial charge in [0.25, 0.3) is 0 Å². The lowest BCUT2D eigenvalue weighted by Gasteiger charge is -2.07. The molecule has 0 unspecified atom stereocenters. The summed E-state index contributed by atoms with van der Waals surface area (Å²) in [6, 6.07) is 20.4. The van der Waals surface area contributed by atoms with Crippen LogP contribution in [-0.4, -0.2) is 15.0 Å². The molecule has 0 saturated heterocycles. The quantitative estimate of drug-likeness (QED) is 0.699. The van der Waals surface area contributed by atoms with Gasteiger partial charge in [0.05, 0.1) is 17.2 Å². The summed E-state index contributed by atoms with van der Waals surface area (Å²) < 4.78 is 0. The molecule has 0 radical (unpaired) electrons. The molecule has 0 fully saturated rings. The molecule has 1 aromatic heterocycles. The largest absolute Gasteiger partial charge is 0.368 e. The molecule has 7 heteroatoms. The van der Waals surface area contributed by atoms with E-state index in [2.05, 4.69) is 32.4 Å². The summed E-state index contributed by atoms with van der Waals surface area (Å²) in [4.78, 5) is 12.4. The van der Waals surface area contributed by atoms with Crippen LogP contribution in [0.3, 0.4) is 0 Å². The van der Waals surface area contributed by atoms with Crippen LogP contribution < -0.4 is 11.1 Å². The number of nitrogens with two attached hydrogens (primary N) is 1. The van der Waals surface area contributed by atoms with Crippen LogP contribution in [0.25, 0.3) is 11.6 Å². The van der Waals surface area contributed by atoms with Gasteiger partial charge in [-0.15, -0.1) is 0 Å². The van der Waals surface area contributed by atoms with Crippen molar-refractivity contribution in [2.24, 2.45) is 0 Å². The Balaban J connectivity index is 1.97. The maximum Gasteiger partial charge on any atom is 0.232 e. The summed E-state index contributed by atoms with van der Waals surface area (Å²) in [5, 5.41) is 21.5. The standard InChI is InChI=1S/C19H13N7/c20-11-14-6-4-5-13(9-14)10-15(12-21)17-24-18(22)26-19(25-17)23-16-7-2-1-3-8-16/h1-10H,(H3,22,23,24,25,26)/b15-10-. The minimum atomic E-state index is 0.000330. The second kappa shape index (κ2) is 7.56. The summed E-state index contributed by atoms with van der Waals surface area (Å²) in [6.07, 6.45) is 1.60. The van der Waals surface area contributed by atoms with Crippen LogP contribution in [0.2, 0.25) is 0 Å². The van der Waals surface area contributed by atoms with Gasteiger partial charge in [0.2, 0.25) is 11.9 Å². The van der Waals surface area contributed by atoms with Crippen molar-refractivity contribution >= 4 is 29.2 Å². The van der Waals surface area contributed by atoms with Crippen molar-refractivity contribution in [1.82, 2.24) is 15.0 Å². The first-order valence-electron chi connectivity index (χ1n) is 7.64. The minimum Gasteiger partial charge on any atom is -0.368 e. The van der Waals surface area contributed by atoms with Crippen molar-refractivity contribution in [3.8, 4) is 12.1 Å². The lowest BCUT2D eigenvalue weighted by molar-refractivity contribution is 1.04. The number of allylic oxidation sites excluding steroid dienone is 1. The molecule has 0 spiro atoms. The van der Waals surface area contributed by atoms with Gasteiger partial charge in [-0.3, -0.25) is 0 Å². The molecule has 124 valence electrons. The fourth-order valence-corrected chi connectivity index (χ4v) is 2.23. The molecule has 0 amide bonds. The van der Waals surface area contributed by atoms with E-state index in [1.807, 2.05) is 30.3 Å². The summed E-state index contributed by atoms with van der Waals surface area (Å²) in [5.41, 5.74) is 7.95. The smallest absolute Gasteiger partial charge is 0.232 e. The average molecular weight is 339 g/mol. The van der Waals surface area contributed by atoms with E-state index in [4.69, 9.17) is 11.0 Å². The Hall–Kier alpha value is -4.23. The van der Waals surface area contributed by atoms with Crippen LogP contribution in [0.4, 0.5) is 17.6 Å². The van der Waals surface area contributed by atoms with Gasteiger partial charge in [-0.25, -0.2) is 0 Å². The Kier molecular flexibility index (Phi) is 4.83. The van der Waals surface area contributed by atoms with E-state index in [1.165, 1.54) is 0 Å². The number of aromatic nitrogens is 3. The van der Waals surface area contributed by atoms with Gasteiger partial charge in [0.1, 0.15) is 6.07 Å². The van der Waals surface area contributed by atoms with Gasteiger partial charge >= 0.3 is 0 Å². The maximum absolute atomic E-state index is 9.49. The molecule has 0 aliphatic rings. The highest BCUT2D eigenvalue weighted by Crippen LogP contribution is 2.19. The molecule has 3 rings (SSSR count). The third-order valence-electron chi connectivity index (χ3n) is 3.37. The maximum atomic E-state index is 9.49. The molecule has 0 aliphatic heterocycles. The molecule has 0 saturated carbocycles. The van der Waals surface area contributed by atoms with E-state index in [0.717, 1.165) is 5.69 Å². The number of rotatable bonds is 4. The highest BCUT2D eigenvalue weighted by molar-refractivity contribution is 5.87. The molecule has 3 aromatic rings. The topological polar surface area (TPSA) is 124 Å². The van der Waals surface area contributed by atoms with Crippen molar-refractivity contribution < 1.29 is 0 Å². The van der Waals surface area contributed by atoms with Crippen molar-refractivity contribution in [3.63, 3.8) is 0 Å². The average Bonchev–Trinajstić information content (AvgIpc) is 2.66. The molecular formula is C19H13N7. The predicted octanol–water partition coefficient (Wildman–Crippen LogP) is 3.13. The summed E-state index contributed by atoms with van der Waals surface area (Å²) in [6.45, 7) is 0. The molecule has 0 aliphatic carbocycles. The molecular weight excluding hydrogens is 326 g/mol. The fourth-order valence-electron chi connectivity index (χ4n) is 2.23. The van der Waals surface area contributed by atoms with E-state index >= 15 is 0 Å². The van der Waals surface area contributed by atoms with Crippen LogP contribution in [-0.2, 0) is 0 Å². The number of hydrogen-bond donors (Lipinski definition) is 2. The summed E-state index contributed by atoms with van der Waals surface area (Å²) in [5.74, 6) is 0.395. The number of anilines is 3. The van der Waals surface area contributed by atoms with E-state index in [0.29, 0.717) is 11.1 Å². The molecule has 1 heterocycles. The van der Waals surface area contributed by atoms with Gasteiger partial charge < -0.3 is 11.1 Å². The first kappa shape index (κ1) is 16.6. The van der Waals surface area contributed by atoms with Crippen LogP contribution in [0.1, 0.15) is 17.0 Å². The second-order valence-corrected chi connectivity index (χ2v) is 5.24. The lowest BCUT2D eigenvalue weighted by atomic mass is 10.1. The zero-order valence-electron chi connectivity index (χ0n) is 13.6. The first-order valence-corrected chi connectivity index (χ1v) is 7.64. The normalized spacial score (nSPS) is 10.6. The van der Waals surface area contributed by atoms with Gasteiger partial charge in [-0.2, -0.15) is 25.5 Å². The van der Waals surface area contributed by atoms with E-state index in [-0.39, 0.29) is 23.3 Å². The monoisotopic (exact) mass is 339 g/mol. The molecule has 26 heavy (non-hydrogen) atoms. The highest BCUT2D eigenvalue weighted by Gasteiger charge is 2.10. The van der Waals surface area contributed by atoms with Crippen LogP contribution in [0.15, 0.2) is 54.6 Å². The van der Waals surface area contributed by atoms with Crippen molar-refractivity contribution in [1.29, 1.82) is 10.5 Å². The zero-order valence-corrected chi connectivity index (χ0v) is 13.6. The van der Waals surface area contributed by atoms with Gasteiger partial charge in [-0.05, 0) is 35.9 Å². The van der Waals surface area contributed by atoms with E-state index < -0.39 is 0 Å². The van der Waals surface area contributed by atoms with Crippen LogP contribution in [0, 0.1) is 22.7 Å². The summed E-state index contributed by atoms with van der Waals surface area (Å²) in [7, 11) is 0. The Labute approximate surface area is 150 Å². The van der Waals surface area contributed by atoms with Crippen molar-refractivity contribution in [3.05, 3.63) is 71.5 Å². The zero-order chi connectivity index (χ0) is 18.4. The van der Waals surface area contributed by atoms with E-state index in [1.54, 1.807) is 30.3 Å². The Morgan fingerprint density at radius 3 is 2.54 bits per heavy atom. The molecule has 2 aromatic carbocycles. The molecule has 0 atom stereocenters. The van der Waals surface area contributed by atoms with Crippen LogP contribution >= 0.6 is 0 Å². The predicted molar refractivity (Wildman–Crippen MR) is 98.6 cm³/mol. The van der Waals surface area contributed by atoms with Gasteiger partial charge in [0, 0.05) is 5.69 Å². The number of nitrogens with zero attached hydrogens (tertiary/aromatic N) is 5. The highest BCUT2D eigenvalue weighted by atomic mass is 15.2. The fraction of sp³-hybridized carbons (Fsp3) is 0. The van der Waals surface area contributed by atoms with Crippen molar-refractivity contribution in [2.45, 2.75) is 0 Å². The first-order chi connectivity index (χ1) is 12.7. The second-order valence-electron chi connectivity index (χ2n) is 5.24. The lowest BCUT2D eigenvalue weighted by Crippen LogP contribution is -2.06. The SMILES string of the molecule is N#C/C(=C/c1cccc(C#N)c1)c1nc(N)nc(Nc2ccccc2)n1. The number of nitrogen functional groups attached to an aromatic ring is 1. The number of nitrogens with one attached hydrogen (secondary N) is 1. The Bertz CT molecular complexity index is 1040. The third kappa shape index (κ3) is 3.99. The number of para-hydroxylation sites is 1. The van der Waals surface area contributed by atoms with Gasteiger partial charge in [-0.1, -0.05) is 30.3 Å². The minimum absolute atomic E-state index is 0.000330. The molecule has 7 nitrogen and oxygen atoms in total. The number of nitriles is 2. The van der Waals surface area contributed by atoms with Crippen LogP contribution in [0.5, 0.6) is 0 Å². The molecule has 3 N–H and O–H groups in total. The van der Waals surface area contributed by atoms with Crippen molar-refractivity contribution in [2.75, 3.05) is 11.1 Å².